The summed E-state index contributed by atoms with van der Waals surface area (Å²) in [6.07, 6.45) is 2.44. The summed E-state index contributed by atoms with van der Waals surface area (Å²) in [5.74, 6) is 1.45. The van der Waals surface area contributed by atoms with E-state index in [1.54, 1.807) is 7.11 Å². The monoisotopic (exact) mass is 247 g/mol. The Morgan fingerprint density at radius 1 is 1.47 bits per heavy atom. The molecular weight excluding hydrogens is 233 g/mol. The summed E-state index contributed by atoms with van der Waals surface area (Å²) in [7, 11) is 1.66. The molecular formula is C11H15Cl2NO. The third-order valence-electron chi connectivity index (χ3n) is 2.68. The highest BCUT2D eigenvalue weighted by Crippen LogP contribution is 2.42. The Morgan fingerprint density at radius 2 is 2.13 bits per heavy atom. The molecule has 0 spiro atoms. The van der Waals surface area contributed by atoms with Crippen molar-refractivity contribution in [2.45, 2.75) is 18.9 Å². The minimum atomic E-state index is 0. The zero-order chi connectivity index (χ0) is 10.1. The van der Waals surface area contributed by atoms with E-state index in [4.69, 9.17) is 22.1 Å². The smallest absolute Gasteiger partial charge is 0.123 e. The van der Waals surface area contributed by atoms with E-state index in [1.165, 1.54) is 12.8 Å². The van der Waals surface area contributed by atoms with Crippen molar-refractivity contribution in [1.29, 1.82) is 0 Å². The lowest BCUT2D eigenvalue weighted by Crippen LogP contribution is -2.13. The summed E-state index contributed by atoms with van der Waals surface area (Å²) < 4.78 is 5.26. The molecule has 0 unspecified atom stereocenters. The van der Waals surface area contributed by atoms with Gasteiger partial charge in [0.1, 0.15) is 5.75 Å². The fourth-order valence-corrected chi connectivity index (χ4v) is 1.86. The average molecular weight is 248 g/mol. The molecule has 4 heteroatoms. The number of hydrogen-bond acceptors (Lipinski definition) is 2. The number of nitrogens with two attached hydrogens (primary N) is 1. The lowest BCUT2D eigenvalue weighted by atomic mass is 10.0. The molecule has 1 aromatic carbocycles. The van der Waals surface area contributed by atoms with Gasteiger partial charge in [-0.05, 0) is 37.0 Å². The van der Waals surface area contributed by atoms with E-state index in [9.17, 15) is 0 Å². The molecule has 0 bridgehead atoms. The predicted octanol–water partition coefficient (Wildman–Crippen LogP) is 3.18. The van der Waals surface area contributed by atoms with Gasteiger partial charge in [-0.15, -0.1) is 12.4 Å². The topological polar surface area (TPSA) is 35.2 Å². The minimum absolute atomic E-state index is 0. The van der Waals surface area contributed by atoms with Crippen LogP contribution in [0.3, 0.4) is 0 Å². The van der Waals surface area contributed by atoms with Gasteiger partial charge in [0.05, 0.1) is 7.11 Å². The molecule has 15 heavy (non-hydrogen) atoms. The first-order valence-electron chi connectivity index (χ1n) is 4.81. The average Bonchev–Trinajstić information content (AvgIpc) is 3.00. The molecule has 0 saturated heterocycles. The predicted molar refractivity (Wildman–Crippen MR) is 64.9 cm³/mol. The first-order chi connectivity index (χ1) is 6.72. The number of benzene rings is 1. The fourth-order valence-electron chi connectivity index (χ4n) is 1.67. The van der Waals surface area contributed by atoms with Crippen molar-refractivity contribution in [2.24, 2.45) is 11.7 Å². The zero-order valence-electron chi connectivity index (χ0n) is 8.57. The SMILES string of the molecule is COc1ccc(Cl)cc1[C@H](N)C1CC1.Cl. The van der Waals surface area contributed by atoms with Crippen molar-refractivity contribution in [3.05, 3.63) is 28.8 Å². The van der Waals surface area contributed by atoms with Crippen LogP contribution >= 0.6 is 24.0 Å². The molecule has 0 heterocycles. The fraction of sp³-hybridized carbons (Fsp3) is 0.455. The first kappa shape index (κ1) is 12.6. The van der Waals surface area contributed by atoms with Crippen LogP contribution in [-0.4, -0.2) is 7.11 Å². The highest BCUT2D eigenvalue weighted by atomic mass is 35.5. The molecule has 0 aliphatic heterocycles. The second kappa shape index (κ2) is 5.06. The lowest BCUT2D eigenvalue weighted by Gasteiger charge is -2.15. The Hall–Kier alpha value is -0.440. The third-order valence-corrected chi connectivity index (χ3v) is 2.92. The third kappa shape index (κ3) is 2.77. The normalized spacial score (nSPS) is 16.7. The second-order valence-corrected chi connectivity index (χ2v) is 4.19. The van der Waals surface area contributed by atoms with Crippen molar-refractivity contribution < 1.29 is 4.74 Å². The Morgan fingerprint density at radius 3 is 2.67 bits per heavy atom. The molecule has 1 atom stereocenters. The van der Waals surface area contributed by atoms with Gasteiger partial charge in [-0.25, -0.2) is 0 Å². The molecule has 0 radical (unpaired) electrons. The Bertz CT molecular complexity index is 339. The minimum Gasteiger partial charge on any atom is -0.496 e. The van der Waals surface area contributed by atoms with Crippen LogP contribution in [0.2, 0.25) is 5.02 Å². The highest BCUT2D eigenvalue weighted by Gasteiger charge is 2.31. The van der Waals surface area contributed by atoms with E-state index in [2.05, 4.69) is 0 Å². The van der Waals surface area contributed by atoms with E-state index in [0.29, 0.717) is 5.92 Å². The summed E-state index contributed by atoms with van der Waals surface area (Å²) in [6.45, 7) is 0. The largest absolute Gasteiger partial charge is 0.496 e. The van der Waals surface area contributed by atoms with Crippen LogP contribution in [0.5, 0.6) is 5.75 Å². The second-order valence-electron chi connectivity index (χ2n) is 3.75. The van der Waals surface area contributed by atoms with Crippen LogP contribution in [0, 0.1) is 5.92 Å². The highest BCUT2D eigenvalue weighted by molar-refractivity contribution is 6.30. The molecule has 0 aromatic heterocycles. The molecule has 84 valence electrons. The maximum absolute atomic E-state index is 6.11. The number of ether oxygens (including phenoxy) is 1. The van der Waals surface area contributed by atoms with E-state index in [0.717, 1.165) is 16.3 Å². The summed E-state index contributed by atoms with van der Waals surface area (Å²) >= 11 is 5.93. The van der Waals surface area contributed by atoms with Gasteiger partial charge < -0.3 is 10.5 Å². The van der Waals surface area contributed by atoms with Gasteiger partial charge >= 0.3 is 0 Å². The summed E-state index contributed by atoms with van der Waals surface area (Å²) in [5.41, 5.74) is 7.14. The van der Waals surface area contributed by atoms with Crippen molar-refractivity contribution in [3.63, 3.8) is 0 Å². The number of halogens is 2. The number of hydrogen-bond donors (Lipinski definition) is 1. The van der Waals surface area contributed by atoms with Crippen LogP contribution in [0.25, 0.3) is 0 Å². The zero-order valence-corrected chi connectivity index (χ0v) is 10.1. The summed E-state index contributed by atoms with van der Waals surface area (Å²) in [4.78, 5) is 0. The van der Waals surface area contributed by atoms with E-state index in [1.807, 2.05) is 18.2 Å². The molecule has 2 N–H and O–H groups in total. The molecule has 0 amide bonds. The number of rotatable bonds is 3. The summed E-state index contributed by atoms with van der Waals surface area (Å²) in [5, 5.41) is 0.719. The lowest BCUT2D eigenvalue weighted by molar-refractivity contribution is 0.403. The van der Waals surface area contributed by atoms with Crippen LogP contribution in [-0.2, 0) is 0 Å². The van der Waals surface area contributed by atoms with E-state index < -0.39 is 0 Å². The van der Waals surface area contributed by atoms with Crippen molar-refractivity contribution in [3.8, 4) is 5.75 Å². The van der Waals surface area contributed by atoms with Crippen LogP contribution in [0.4, 0.5) is 0 Å². The maximum atomic E-state index is 6.11. The van der Waals surface area contributed by atoms with Gasteiger partial charge in [0.15, 0.2) is 0 Å². The number of methoxy groups -OCH3 is 1. The van der Waals surface area contributed by atoms with Gasteiger partial charge in [0, 0.05) is 16.6 Å². The Balaban J connectivity index is 0.00000112. The van der Waals surface area contributed by atoms with Crippen LogP contribution in [0.1, 0.15) is 24.4 Å². The van der Waals surface area contributed by atoms with Crippen molar-refractivity contribution in [2.75, 3.05) is 7.11 Å². The molecule has 2 nitrogen and oxygen atoms in total. The molecule has 1 aliphatic carbocycles. The summed E-state index contributed by atoms with van der Waals surface area (Å²) in [6, 6.07) is 5.68. The maximum Gasteiger partial charge on any atom is 0.123 e. The van der Waals surface area contributed by atoms with Crippen LogP contribution < -0.4 is 10.5 Å². The van der Waals surface area contributed by atoms with Gasteiger partial charge in [0.2, 0.25) is 0 Å². The molecule has 1 aromatic rings. The van der Waals surface area contributed by atoms with Gasteiger partial charge in [0.25, 0.3) is 0 Å². The standard InChI is InChI=1S/C11H14ClNO.ClH/c1-14-10-5-4-8(12)6-9(10)11(13)7-2-3-7;/h4-7,11H,2-3,13H2,1H3;1H/t11-;/m1./s1. The Kier molecular flexibility index (Phi) is 4.26. The van der Waals surface area contributed by atoms with Gasteiger partial charge in [-0.1, -0.05) is 11.6 Å². The Labute approximate surface area is 101 Å². The van der Waals surface area contributed by atoms with Crippen LogP contribution in [0.15, 0.2) is 18.2 Å². The van der Waals surface area contributed by atoms with Gasteiger partial charge in [-0.3, -0.25) is 0 Å². The first-order valence-corrected chi connectivity index (χ1v) is 5.19. The quantitative estimate of drug-likeness (QED) is 0.891. The van der Waals surface area contributed by atoms with E-state index in [-0.39, 0.29) is 18.4 Å². The van der Waals surface area contributed by atoms with Crippen molar-refractivity contribution >= 4 is 24.0 Å². The van der Waals surface area contributed by atoms with E-state index >= 15 is 0 Å². The molecule has 1 fully saturated rings. The molecule has 2 rings (SSSR count). The molecule has 1 aliphatic rings. The molecule has 1 saturated carbocycles. The van der Waals surface area contributed by atoms with Crippen molar-refractivity contribution in [1.82, 2.24) is 0 Å². The van der Waals surface area contributed by atoms with Gasteiger partial charge in [-0.2, -0.15) is 0 Å².